The number of anilines is 2. The molecule has 4 rings (SSSR count). The Morgan fingerprint density at radius 3 is 2.63 bits per heavy atom. The van der Waals surface area contributed by atoms with Crippen molar-refractivity contribution in [2.75, 3.05) is 16.0 Å². The summed E-state index contributed by atoms with van der Waals surface area (Å²) in [4.78, 5) is 36.2. The molecule has 2 aromatic rings. The van der Waals surface area contributed by atoms with E-state index in [9.17, 15) is 19.7 Å². The minimum atomic E-state index is -0.546. The molecule has 2 aromatic carbocycles. The number of non-ortho nitro benzene ring substituents is 1. The topological polar surface area (TPSA) is 117 Å². The molecule has 1 N–H and O–H groups in total. The fourth-order valence-electron chi connectivity index (χ4n) is 2.71. The van der Waals surface area contributed by atoms with Gasteiger partial charge in [-0.2, -0.15) is 0 Å². The third-order valence-corrected chi connectivity index (χ3v) is 4.86. The molecular weight excluding hydrogens is 370 g/mol. The van der Waals surface area contributed by atoms with Gasteiger partial charge in [-0.15, -0.1) is 10.2 Å². The van der Waals surface area contributed by atoms with E-state index in [0.29, 0.717) is 22.1 Å². The van der Waals surface area contributed by atoms with Gasteiger partial charge in [0.15, 0.2) is 10.9 Å². The third kappa shape index (κ3) is 3.06. The maximum Gasteiger partial charge on any atom is 0.276 e. The molecule has 10 heteroatoms. The van der Waals surface area contributed by atoms with Gasteiger partial charge in [0.1, 0.15) is 0 Å². The Morgan fingerprint density at radius 2 is 1.89 bits per heavy atom. The highest BCUT2D eigenvalue weighted by molar-refractivity contribution is 8.15. The summed E-state index contributed by atoms with van der Waals surface area (Å²) < 4.78 is 0. The van der Waals surface area contributed by atoms with E-state index in [1.54, 1.807) is 24.3 Å². The number of thioether (sulfide) groups is 1. The number of nitrogens with zero attached hydrogens (tertiary/aromatic N) is 4. The molecule has 134 valence electrons. The van der Waals surface area contributed by atoms with E-state index >= 15 is 0 Å². The first-order chi connectivity index (χ1) is 13.0. The molecule has 2 amide bonds. The lowest BCUT2D eigenvalue weighted by molar-refractivity contribution is -0.384. The molecule has 0 spiro atoms. The summed E-state index contributed by atoms with van der Waals surface area (Å²) in [5.74, 6) is -0.431. The standard InChI is InChI=1S/C17H11N5O4S/c23-14-9-27-17(21(14)10-4-2-1-3-5-10)20-19-15-12-8-11(22(25)26)6-7-13(12)18-16(15)24/h1-8H,9H2,(H,18,19,24)/b20-17+. The number of carbonyl (C=O) groups excluding carboxylic acids is 2. The van der Waals surface area contributed by atoms with E-state index in [-0.39, 0.29) is 23.1 Å². The maximum absolute atomic E-state index is 12.2. The molecule has 0 saturated carbocycles. The minimum absolute atomic E-state index is 0.0332. The second-order valence-corrected chi connectivity index (χ2v) is 6.57. The van der Waals surface area contributed by atoms with Gasteiger partial charge in [-0.3, -0.25) is 24.6 Å². The molecule has 0 atom stereocenters. The van der Waals surface area contributed by atoms with Crippen LogP contribution in [0.5, 0.6) is 0 Å². The van der Waals surface area contributed by atoms with Crippen LogP contribution in [0.25, 0.3) is 0 Å². The smallest absolute Gasteiger partial charge is 0.276 e. The number of benzene rings is 2. The summed E-state index contributed by atoms with van der Waals surface area (Å²) in [6.07, 6.45) is 0. The van der Waals surface area contributed by atoms with Crippen molar-refractivity contribution in [3.05, 3.63) is 64.2 Å². The Hall–Kier alpha value is -3.53. The number of hydrogen-bond acceptors (Lipinski definition) is 7. The summed E-state index contributed by atoms with van der Waals surface area (Å²) >= 11 is 1.21. The molecule has 2 aliphatic heterocycles. The summed E-state index contributed by atoms with van der Waals surface area (Å²) in [6.45, 7) is 0. The summed E-state index contributed by atoms with van der Waals surface area (Å²) in [5.41, 5.74) is 1.20. The zero-order chi connectivity index (χ0) is 19.0. The molecule has 0 aromatic heterocycles. The van der Waals surface area contributed by atoms with Crippen molar-refractivity contribution in [2.45, 2.75) is 0 Å². The van der Waals surface area contributed by atoms with Crippen LogP contribution >= 0.6 is 11.8 Å². The highest BCUT2D eigenvalue weighted by Gasteiger charge is 2.31. The lowest BCUT2D eigenvalue weighted by atomic mass is 10.1. The van der Waals surface area contributed by atoms with E-state index in [1.165, 1.54) is 34.9 Å². The number of rotatable bonds is 3. The number of fused-ring (bicyclic) bond motifs is 1. The predicted octanol–water partition coefficient (Wildman–Crippen LogP) is 2.39. The molecule has 0 radical (unpaired) electrons. The van der Waals surface area contributed by atoms with Gasteiger partial charge in [-0.25, -0.2) is 0 Å². The van der Waals surface area contributed by atoms with Gasteiger partial charge in [-0.1, -0.05) is 30.0 Å². The highest BCUT2D eigenvalue weighted by Crippen LogP contribution is 2.29. The van der Waals surface area contributed by atoms with Crippen molar-refractivity contribution in [1.82, 2.24) is 0 Å². The minimum Gasteiger partial charge on any atom is -0.320 e. The zero-order valence-corrected chi connectivity index (χ0v) is 14.5. The SMILES string of the molecule is O=C1Nc2ccc([N+](=O)[O-])cc2C1=N/N=C1/SCC(=O)N1c1ccccc1. The number of carbonyl (C=O) groups is 2. The van der Waals surface area contributed by atoms with E-state index in [2.05, 4.69) is 15.5 Å². The van der Waals surface area contributed by atoms with Crippen LogP contribution in [-0.4, -0.2) is 33.4 Å². The quantitative estimate of drug-likeness (QED) is 0.647. The van der Waals surface area contributed by atoms with E-state index in [1.807, 2.05) is 6.07 Å². The van der Waals surface area contributed by atoms with Gasteiger partial charge in [0.05, 0.1) is 22.1 Å². The van der Waals surface area contributed by atoms with Crippen molar-refractivity contribution in [3.63, 3.8) is 0 Å². The second kappa shape index (κ2) is 6.65. The predicted molar refractivity (Wildman–Crippen MR) is 102 cm³/mol. The monoisotopic (exact) mass is 381 g/mol. The Morgan fingerprint density at radius 1 is 1.11 bits per heavy atom. The summed E-state index contributed by atoms with van der Waals surface area (Å²) in [6, 6.07) is 13.0. The molecule has 0 aliphatic carbocycles. The number of nitro benzene ring substituents is 1. The number of hydrogen-bond donors (Lipinski definition) is 1. The lowest BCUT2D eigenvalue weighted by Gasteiger charge is -2.14. The number of nitrogens with one attached hydrogen (secondary N) is 1. The first kappa shape index (κ1) is 16.9. The average molecular weight is 381 g/mol. The average Bonchev–Trinajstić information content (AvgIpc) is 3.19. The molecule has 0 unspecified atom stereocenters. The van der Waals surface area contributed by atoms with Crippen LogP contribution in [-0.2, 0) is 9.59 Å². The normalized spacial score (nSPS) is 18.9. The van der Waals surface area contributed by atoms with Crippen molar-refractivity contribution >= 4 is 51.5 Å². The second-order valence-electron chi connectivity index (χ2n) is 5.63. The fourth-order valence-corrected chi connectivity index (χ4v) is 3.53. The van der Waals surface area contributed by atoms with Crippen molar-refractivity contribution < 1.29 is 14.5 Å². The van der Waals surface area contributed by atoms with Crippen LogP contribution in [0.2, 0.25) is 0 Å². The molecule has 9 nitrogen and oxygen atoms in total. The van der Waals surface area contributed by atoms with E-state index in [0.717, 1.165) is 0 Å². The van der Waals surface area contributed by atoms with E-state index in [4.69, 9.17) is 0 Å². The number of amidine groups is 1. The third-order valence-electron chi connectivity index (χ3n) is 3.95. The summed E-state index contributed by atoms with van der Waals surface area (Å²) in [5, 5.41) is 22.0. The van der Waals surface area contributed by atoms with Gasteiger partial charge in [0.25, 0.3) is 11.6 Å². The molecular formula is C17H11N5O4S. The Kier molecular flexibility index (Phi) is 4.16. The van der Waals surface area contributed by atoms with Gasteiger partial charge < -0.3 is 5.32 Å². The van der Waals surface area contributed by atoms with Crippen LogP contribution in [0.3, 0.4) is 0 Å². The number of para-hydroxylation sites is 1. The highest BCUT2D eigenvalue weighted by atomic mass is 32.2. The lowest BCUT2D eigenvalue weighted by Crippen LogP contribution is -2.29. The molecule has 0 bridgehead atoms. The van der Waals surface area contributed by atoms with E-state index < -0.39 is 10.8 Å². The Bertz CT molecular complexity index is 1030. The van der Waals surface area contributed by atoms with Gasteiger partial charge in [-0.05, 0) is 18.2 Å². The largest absolute Gasteiger partial charge is 0.320 e. The van der Waals surface area contributed by atoms with Crippen molar-refractivity contribution in [2.24, 2.45) is 10.2 Å². The Balaban J connectivity index is 1.72. The number of amides is 2. The molecule has 1 saturated heterocycles. The first-order valence-electron chi connectivity index (χ1n) is 7.81. The molecule has 2 aliphatic rings. The molecule has 27 heavy (non-hydrogen) atoms. The van der Waals surface area contributed by atoms with Crippen LogP contribution in [0.15, 0.2) is 58.7 Å². The summed E-state index contributed by atoms with van der Waals surface area (Å²) in [7, 11) is 0. The molecule has 2 heterocycles. The fraction of sp³-hybridized carbons (Fsp3) is 0.0588. The van der Waals surface area contributed by atoms with Gasteiger partial charge in [0.2, 0.25) is 5.91 Å². The Labute approximate surface area is 156 Å². The van der Waals surface area contributed by atoms with Crippen molar-refractivity contribution in [1.29, 1.82) is 0 Å². The maximum atomic E-state index is 12.2. The van der Waals surface area contributed by atoms with Crippen LogP contribution in [0.4, 0.5) is 17.1 Å². The van der Waals surface area contributed by atoms with Gasteiger partial charge >= 0.3 is 0 Å². The van der Waals surface area contributed by atoms with Gasteiger partial charge in [0, 0.05) is 17.7 Å². The first-order valence-corrected chi connectivity index (χ1v) is 8.80. The zero-order valence-electron chi connectivity index (χ0n) is 13.7. The van der Waals surface area contributed by atoms with Crippen LogP contribution < -0.4 is 10.2 Å². The molecule has 1 fully saturated rings. The number of nitro groups is 1. The van der Waals surface area contributed by atoms with Crippen LogP contribution in [0.1, 0.15) is 5.56 Å². The van der Waals surface area contributed by atoms with Crippen molar-refractivity contribution in [3.8, 4) is 0 Å². The van der Waals surface area contributed by atoms with Crippen LogP contribution in [0, 0.1) is 10.1 Å².